The molecule has 0 saturated carbocycles. The Morgan fingerprint density at radius 2 is 2.38 bits per heavy atom. The van der Waals surface area contributed by atoms with Crippen molar-refractivity contribution in [1.29, 1.82) is 0 Å². The summed E-state index contributed by atoms with van der Waals surface area (Å²) in [6.45, 7) is 2.92. The summed E-state index contributed by atoms with van der Waals surface area (Å²) in [5.41, 5.74) is 8.59. The second-order valence-electron chi connectivity index (χ2n) is 3.44. The van der Waals surface area contributed by atoms with Gasteiger partial charge in [0.2, 0.25) is 0 Å². The lowest BCUT2D eigenvalue weighted by molar-refractivity contribution is 0.357. The number of nitrogens with two attached hydrogens (primary N) is 1. The molecule has 0 fully saturated rings. The van der Waals surface area contributed by atoms with Crippen LogP contribution in [0.25, 0.3) is 0 Å². The second kappa shape index (κ2) is 3.38. The van der Waals surface area contributed by atoms with E-state index < -0.39 is 0 Å². The molecular formula is C11H15NO. The topological polar surface area (TPSA) is 35.2 Å². The first-order valence-electron chi connectivity index (χ1n) is 4.83. The Hall–Kier alpha value is -1.02. The lowest BCUT2D eigenvalue weighted by Gasteiger charge is -2.12. The largest absolute Gasteiger partial charge is 0.493 e. The number of rotatable bonds is 2. The van der Waals surface area contributed by atoms with Crippen molar-refractivity contribution in [2.75, 3.05) is 6.61 Å². The minimum absolute atomic E-state index is 0.164. The minimum Gasteiger partial charge on any atom is -0.493 e. The van der Waals surface area contributed by atoms with Gasteiger partial charge in [-0.2, -0.15) is 0 Å². The van der Waals surface area contributed by atoms with Crippen LogP contribution in [0.5, 0.6) is 5.75 Å². The Kier molecular flexibility index (Phi) is 2.23. The molecule has 70 valence electrons. The molecular weight excluding hydrogens is 162 g/mol. The summed E-state index contributed by atoms with van der Waals surface area (Å²) in [6, 6.07) is 6.32. The molecule has 0 spiro atoms. The molecule has 2 heteroatoms. The van der Waals surface area contributed by atoms with Crippen LogP contribution in [0, 0.1) is 0 Å². The fourth-order valence-corrected chi connectivity index (χ4v) is 1.82. The van der Waals surface area contributed by atoms with Crippen molar-refractivity contribution in [3.63, 3.8) is 0 Å². The van der Waals surface area contributed by atoms with E-state index in [1.54, 1.807) is 0 Å². The smallest absolute Gasteiger partial charge is 0.122 e. The van der Waals surface area contributed by atoms with Crippen molar-refractivity contribution in [3.8, 4) is 5.75 Å². The lowest BCUT2D eigenvalue weighted by Crippen LogP contribution is -2.10. The van der Waals surface area contributed by atoms with Crippen LogP contribution in [0.1, 0.15) is 30.5 Å². The number of fused-ring (bicyclic) bond motifs is 1. The summed E-state index contributed by atoms with van der Waals surface area (Å²) < 4.78 is 5.48. The van der Waals surface area contributed by atoms with E-state index in [2.05, 4.69) is 13.0 Å². The van der Waals surface area contributed by atoms with Crippen molar-refractivity contribution in [1.82, 2.24) is 0 Å². The SMILES string of the molecule is CC[C@@H](N)c1cccc2c1CCO2. The van der Waals surface area contributed by atoms with Gasteiger partial charge < -0.3 is 10.5 Å². The second-order valence-corrected chi connectivity index (χ2v) is 3.44. The minimum atomic E-state index is 0.164. The van der Waals surface area contributed by atoms with Gasteiger partial charge in [0.1, 0.15) is 5.75 Å². The third-order valence-electron chi connectivity index (χ3n) is 2.62. The Bertz CT molecular complexity index is 309. The molecule has 1 heterocycles. The molecule has 0 saturated heterocycles. The normalized spacial score (nSPS) is 16.5. The Balaban J connectivity index is 2.41. The zero-order valence-electron chi connectivity index (χ0n) is 7.92. The molecule has 2 nitrogen and oxygen atoms in total. The first-order valence-corrected chi connectivity index (χ1v) is 4.83. The van der Waals surface area contributed by atoms with Gasteiger partial charge in [0, 0.05) is 18.0 Å². The summed E-state index contributed by atoms with van der Waals surface area (Å²) in [6.07, 6.45) is 2.00. The third-order valence-corrected chi connectivity index (χ3v) is 2.62. The summed E-state index contributed by atoms with van der Waals surface area (Å²) in [5, 5.41) is 0. The zero-order chi connectivity index (χ0) is 9.26. The standard InChI is InChI=1S/C11H15NO/c1-2-10(12)8-4-3-5-11-9(8)6-7-13-11/h3-5,10H,2,6-7,12H2,1H3/t10-/m1/s1. The maximum absolute atomic E-state index is 6.01. The van der Waals surface area contributed by atoms with Crippen LogP contribution in [-0.4, -0.2) is 6.61 Å². The van der Waals surface area contributed by atoms with Gasteiger partial charge in [0.15, 0.2) is 0 Å². The molecule has 2 N–H and O–H groups in total. The van der Waals surface area contributed by atoms with Crippen molar-refractivity contribution >= 4 is 0 Å². The summed E-state index contributed by atoms with van der Waals surface area (Å²) >= 11 is 0. The Morgan fingerprint density at radius 3 is 3.15 bits per heavy atom. The molecule has 1 atom stereocenters. The highest BCUT2D eigenvalue weighted by Crippen LogP contribution is 2.31. The molecule has 0 amide bonds. The van der Waals surface area contributed by atoms with Crippen LogP contribution >= 0.6 is 0 Å². The average molecular weight is 177 g/mol. The number of benzene rings is 1. The van der Waals surface area contributed by atoms with Crippen LogP contribution in [0.2, 0.25) is 0 Å². The molecule has 0 aromatic heterocycles. The lowest BCUT2D eigenvalue weighted by atomic mass is 9.98. The predicted octanol–water partition coefficient (Wildman–Crippen LogP) is 2.03. The van der Waals surface area contributed by atoms with E-state index in [0.717, 1.165) is 25.2 Å². The van der Waals surface area contributed by atoms with E-state index in [0.29, 0.717) is 0 Å². The van der Waals surface area contributed by atoms with Crippen LogP contribution in [-0.2, 0) is 6.42 Å². The van der Waals surface area contributed by atoms with Gasteiger partial charge >= 0.3 is 0 Å². The summed E-state index contributed by atoms with van der Waals surface area (Å²) in [5.74, 6) is 1.03. The fourth-order valence-electron chi connectivity index (χ4n) is 1.82. The van der Waals surface area contributed by atoms with Crippen LogP contribution in [0.15, 0.2) is 18.2 Å². The van der Waals surface area contributed by atoms with Gasteiger partial charge in [-0.1, -0.05) is 19.1 Å². The highest BCUT2D eigenvalue weighted by molar-refractivity contribution is 5.44. The molecule has 1 aliphatic heterocycles. The third kappa shape index (κ3) is 1.42. The van der Waals surface area contributed by atoms with E-state index in [9.17, 15) is 0 Å². The molecule has 0 bridgehead atoms. The highest BCUT2D eigenvalue weighted by Gasteiger charge is 2.18. The van der Waals surface area contributed by atoms with Gasteiger partial charge in [-0.15, -0.1) is 0 Å². The fraction of sp³-hybridized carbons (Fsp3) is 0.455. The maximum Gasteiger partial charge on any atom is 0.122 e. The van der Waals surface area contributed by atoms with Crippen LogP contribution in [0.3, 0.4) is 0 Å². The van der Waals surface area contributed by atoms with Crippen molar-refractivity contribution in [3.05, 3.63) is 29.3 Å². The van der Waals surface area contributed by atoms with Gasteiger partial charge in [-0.25, -0.2) is 0 Å². The van der Waals surface area contributed by atoms with Crippen molar-refractivity contribution in [2.24, 2.45) is 5.73 Å². The van der Waals surface area contributed by atoms with E-state index in [1.165, 1.54) is 11.1 Å². The summed E-state index contributed by atoms with van der Waals surface area (Å²) in [4.78, 5) is 0. The number of ether oxygens (including phenoxy) is 1. The molecule has 0 radical (unpaired) electrons. The number of hydrogen-bond donors (Lipinski definition) is 1. The first kappa shape index (κ1) is 8.57. The van der Waals surface area contributed by atoms with Crippen LogP contribution in [0.4, 0.5) is 0 Å². The first-order chi connectivity index (χ1) is 6.33. The molecule has 0 aliphatic carbocycles. The van der Waals surface area contributed by atoms with Gasteiger partial charge in [-0.3, -0.25) is 0 Å². The highest BCUT2D eigenvalue weighted by atomic mass is 16.5. The van der Waals surface area contributed by atoms with Crippen molar-refractivity contribution in [2.45, 2.75) is 25.8 Å². The van der Waals surface area contributed by atoms with Gasteiger partial charge in [0.05, 0.1) is 6.61 Å². The molecule has 0 unspecified atom stereocenters. The Labute approximate surface area is 78.7 Å². The molecule has 1 aromatic rings. The quantitative estimate of drug-likeness (QED) is 0.750. The van der Waals surface area contributed by atoms with E-state index in [-0.39, 0.29) is 6.04 Å². The predicted molar refractivity (Wildman–Crippen MR) is 52.9 cm³/mol. The maximum atomic E-state index is 6.01. The van der Waals surface area contributed by atoms with Crippen LogP contribution < -0.4 is 10.5 Å². The Morgan fingerprint density at radius 1 is 1.54 bits per heavy atom. The number of hydrogen-bond acceptors (Lipinski definition) is 2. The van der Waals surface area contributed by atoms with Gasteiger partial charge in [-0.05, 0) is 18.1 Å². The monoisotopic (exact) mass is 177 g/mol. The zero-order valence-corrected chi connectivity index (χ0v) is 7.92. The van der Waals surface area contributed by atoms with E-state index >= 15 is 0 Å². The van der Waals surface area contributed by atoms with Gasteiger partial charge in [0.25, 0.3) is 0 Å². The van der Waals surface area contributed by atoms with Crippen molar-refractivity contribution < 1.29 is 4.74 Å². The van der Waals surface area contributed by atoms with E-state index in [4.69, 9.17) is 10.5 Å². The molecule has 2 rings (SSSR count). The molecule has 1 aromatic carbocycles. The average Bonchev–Trinajstić information content (AvgIpc) is 2.63. The summed E-state index contributed by atoms with van der Waals surface area (Å²) in [7, 11) is 0. The molecule has 1 aliphatic rings. The van der Waals surface area contributed by atoms with E-state index in [1.807, 2.05) is 12.1 Å². The molecule has 13 heavy (non-hydrogen) atoms.